The van der Waals surface area contributed by atoms with Crippen molar-refractivity contribution in [3.63, 3.8) is 0 Å². The molecule has 10 nitrogen and oxygen atoms in total. The van der Waals surface area contributed by atoms with Crippen LogP contribution in [0, 0.1) is 11.7 Å². The number of aliphatic hydroxyl groups is 2. The average molecular weight is 611 g/mol. The van der Waals surface area contributed by atoms with Crippen molar-refractivity contribution in [3.8, 4) is 17.0 Å². The fourth-order valence-corrected chi connectivity index (χ4v) is 6.20. The van der Waals surface area contributed by atoms with Crippen molar-refractivity contribution in [2.24, 2.45) is 5.92 Å². The number of nitrogens with zero attached hydrogens (tertiary/aromatic N) is 5. The van der Waals surface area contributed by atoms with E-state index in [0.717, 1.165) is 31.5 Å². The molecule has 1 atom stereocenters. The Labute approximate surface area is 243 Å². The van der Waals surface area contributed by atoms with Gasteiger partial charge in [-0.1, -0.05) is 11.3 Å². The molecule has 42 heavy (non-hydrogen) atoms. The van der Waals surface area contributed by atoms with E-state index < -0.39 is 30.1 Å². The quantitative estimate of drug-likeness (QED) is 0.252. The minimum atomic E-state index is -5.07. The summed E-state index contributed by atoms with van der Waals surface area (Å²) in [5, 5.41) is 21.7. The fourth-order valence-electron chi connectivity index (χ4n) is 5.19. The first-order chi connectivity index (χ1) is 20.0. The number of hydrogen-bond donors (Lipinski definition) is 3. The van der Waals surface area contributed by atoms with Crippen LogP contribution < -0.4 is 15.0 Å². The smallest absolute Gasteiger partial charge is 0.403 e. The van der Waals surface area contributed by atoms with E-state index in [1.807, 2.05) is 4.90 Å². The van der Waals surface area contributed by atoms with Crippen LogP contribution >= 0.6 is 11.3 Å². The van der Waals surface area contributed by atoms with Crippen LogP contribution in [0.4, 0.5) is 28.5 Å². The number of benzene rings is 1. The minimum absolute atomic E-state index is 0.0357. The summed E-state index contributed by atoms with van der Waals surface area (Å²) in [7, 11) is 0. The maximum Gasteiger partial charge on any atom is 0.573 e. The molecule has 2 aliphatic heterocycles. The first kappa shape index (κ1) is 30.1. The molecule has 3 N–H and O–H groups in total. The Morgan fingerprint density at radius 1 is 1.17 bits per heavy atom. The lowest BCUT2D eigenvalue weighted by atomic mass is 9.96. The van der Waals surface area contributed by atoms with E-state index in [9.17, 15) is 32.6 Å². The topological polar surface area (TPSA) is 124 Å². The molecule has 2 aromatic heterocycles. The summed E-state index contributed by atoms with van der Waals surface area (Å²) in [4.78, 5) is 30.9. The van der Waals surface area contributed by atoms with Crippen LogP contribution in [-0.2, 0) is 6.54 Å². The standard InChI is InChI=1S/C27H30F4N6O4S/c1-15-3-2-8-37(15)14-21-23(17-4-5-18(28)20(11-17)41-27(29,30)31)34-26(42-21)35-24(38)19-12-33-22(13-32-19)36-9-6-16(7-10-36)25(39)40/h4-5,11-13,15-16,25,39-40H,2-3,6-10,14H2,1H3,(H,34,35,38)/t15-/m1/s1. The number of carbonyl (C=O) groups excluding carboxylic acids is 1. The zero-order valence-corrected chi connectivity index (χ0v) is 23.5. The second-order valence-electron chi connectivity index (χ2n) is 10.4. The number of halogens is 4. The number of aromatic nitrogens is 3. The molecule has 0 radical (unpaired) electrons. The van der Waals surface area contributed by atoms with Crippen molar-refractivity contribution in [1.29, 1.82) is 0 Å². The third-order valence-corrected chi connectivity index (χ3v) is 8.50. The van der Waals surface area contributed by atoms with Gasteiger partial charge in [0.25, 0.3) is 5.91 Å². The van der Waals surface area contributed by atoms with Crippen molar-refractivity contribution in [2.45, 2.75) is 57.8 Å². The SMILES string of the molecule is C[C@@H]1CCCN1Cc1sc(NC(=O)c2cnc(N3CCC(C(O)O)CC3)cn2)nc1-c1ccc(F)c(OC(F)(F)F)c1. The van der Waals surface area contributed by atoms with Crippen LogP contribution in [-0.4, -0.2) is 74.3 Å². The van der Waals surface area contributed by atoms with Gasteiger partial charge in [-0.15, -0.1) is 13.2 Å². The predicted octanol–water partition coefficient (Wildman–Crippen LogP) is 4.40. The molecule has 0 unspecified atom stereocenters. The molecule has 1 amide bonds. The summed E-state index contributed by atoms with van der Waals surface area (Å²) in [6, 6.07) is 3.46. The zero-order chi connectivity index (χ0) is 30.0. The van der Waals surface area contributed by atoms with Gasteiger partial charge in [-0.25, -0.2) is 19.3 Å². The summed E-state index contributed by atoms with van der Waals surface area (Å²) in [6.07, 6.45) is -0.423. The number of carbonyl (C=O) groups is 1. The molecular formula is C27H30F4N6O4S. The van der Waals surface area contributed by atoms with Crippen molar-refractivity contribution < 1.29 is 37.3 Å². The lowest BCUT2D eigenvalue weighted by molar-refractivity contribution is -0.275. The summed E-state index contributed by atoms with van der Waals surface area (Å²) >= 11 is 1.18. The molecule has 2 saturated heterocycles. The van der Waals surface area contributed by atoms with Gasteiger partial charge < -0.3 is 19.8 Å². The van der Waals surface area contributed by atoms with Gasteiger partial charge in [0, 0.05) is 42.0 Å². The molecule has 0 spiro atoms. The molecule has 0 saturated carbocycles. The summed E-state index contributed by atoms with van der Waals surface area (Å²) in [6.45, 7) is 4.52. The Bertz CT molecular complexity index is 1400. The molecule has 2 aliphatic rings. The number of aliphatic hydroxyl groups excluding tert-OH is 1. The van der Waals surface area contributed by atoms with E-state index in [2.05, 4.69) is 36.8 Å². The van der Waals surface area contributed by atoms with Gasteiger partial charge >= 0.3 is 6.36 Å². The molecule has 0 bridgehead atoms. The third kappa shape index (κ3) is 7.14. The van der Waals surface area contributed by atoms with E-state index in [0.29, 0.717) is 54.9 Å². The number of nitrogens with one attached hydrogen (secondary N) is 1. The van der Waals surface area contributed by atoms with E-state index in [4.69, 9.17) is 0 Å². The van der Waals surface area contributed by atoms with Gasteiger partial charge in [-0.2, -0.15) is 0 Å². The number of rotatable bonds is 8. The van der Waals surface area contributed by atoms with Crippen LogP contribution in [0.2, 0.25) is 0 Å². The van der Waals surface area contributed by atoms with Crippen molar-refractivity contribution in [2.75, 3.05) is 29.9 Å². The highest BCUT2D eigenvalue weighted by atomic mass is 32.1. The lowest BCUT2D eigenvalue weighted by Gasteiger charge is -2.33. The van der Waals surface area contributed by atoms with E-state index in [1.165, 1.54) is 29.8 Å². The van der Waals surface area contributed by atoms with Crippen molar-refractivity contribution in [1.82, 2.24) is 19.9 Å². The number of thiazole rings is 1. The molecule has 1 aromatic carbocycles. The minimum Gasteiger partial charge on any atom is -0.403 e. The average Bonchev–Trinajstić information content (AvgIpc) is 3.54. The Hall–Kier alpha value is -3.40. The Balaban J connectivity index is 1.35. The number of hydrogen-bond acceptors (Lipinski definition) is 10. The monoisotopic (exact) mass is 610 g/mol. The van der Waals surface area contributed by atoms with Gasteiger partial charge in [0.05, 0.1) is 18.1 Å². The second kappa shape index (κ2) is 12.5. The normalized spacial score (nSPS) is 18.6. The highest BCUT2D eigenvalue weighted by Crippen LogP contribution is 2.37. The van der Waals surface area contributed by atoms with Crippen LogP contribution in [0.3, 0.4) is 0 Å². The number of piperidine rings is 1. The summed E-state index contributed by atoms with van der Waals surface area (Å²) < 4.78 is 56.5. The molecule has 15 heteroatoms. The van der Waals surface area contributed by atoms with Gasteiger partial charge in [0.2, 0.25) is 0 Å². The predicted molar refractivity (Wildman–Crippen MR) is 146 cm³/mol. The molecule has 0 aliphatic carbocycles. The Morgan fingerprint density at radius 2 is 1.93 bits per heavy atom. The number of likely N-dealkylation sites (tertiary alicyclic amines) is 1. The molecular weight excluding hydrogens is 580 g/mol. The lowest BCUT2D eigenvalue weighted by Crippen LogP contribution is -2.38. The third-order valence-electron chi connectivity index (χ3n) is 7.54. The first-order valence-electron chi connectivity index (χ1n) is 13.5. The Morgan fingerprint density at radius 3 is 2.55 bits per heavy atom. The van der Waals surface area contributed by atoms with Gasteiger partial charge in [-0.3, -0.25) is 15.0 Å². The van der Waals surface area contributed by atoms with Crippen LogP contribution in [0.25, 0.3) is 11.3 Å². The van der Waals surface area contributed by atoms with Crippen molar-refractivity contribution in [3.05, 3.63) is 47.0 Å². The summed E-state index contributed by atoms with van der Waals surface area (Å²) in [5.41, 5.74) is 0.573. The zero-order valence-electron chi connectivity index (χ0n) is 22.6. The fraction of sp³-hybridized carbons (Fsp3) is 0.481. The van der Waals surface area contributed by atoms with Crippen LogP contribution in [0.15, 0.2) is 30.6 Å². The highest BCUT2D eigenvalue weighted by molar-refractivity contribution is 7.16. The largest absolute Gasteiger partial charge is 0.573 e. The van der Waals surface area contributed by atoms with Gasteiger partial charge in [0.1, 0.15) is 11.5 Å². The molecule has 5 rings (SSSR count). The molecule has 226 valence electrons. The van der Waals surface area contributed by atoms with Crippen LogP contribution in [0.5, 0.6) is 5.75 Å². The van der Waals surface area contributed by atoms with E-state index >= 15 is 0 Å². The van der Waals surface area contributed by atoms with Gasteiger partial charge in [0.15, 0.2) is 23.0 Å². The first-order valence-corrected chi connectivity index (χ1v) is 14.3. The highest BCUT2D eigenvalue weighted by Gasteiger charge is 2.33. The molecule has 4 heterocycles. The van der Waals surface area contributed by atoms with Crippen molar-refractivity contribution >= 4 is 28.2 Å². The molecule has 3 aromatic rings. The maximum absolute atomic E-state index is 14.1. The Kier molecular flexibility index (Phi) is 8.92. The maximum atomic E-state index is 14.1. The molecule has 2 fully saturated rings. The number of anilines is 2. The van der Waals surface area contributed by atoms with Gasteiger partial charge in [-0.05, 0) is 57.4 Å². The van der Waals surface area contributed by atoms with Crippen LogP contribution in [0.1, 0.15) is 48.0 Å². The van der Waals surface area contributed by atoms with E-state index in [-0.39, 0.29) is 22.3 Å². The number of alkyl halides is 3. The number of amides is 1. The van der Waals surface area contributed by atoms with E-state index in [1.54, 1.807) is 0 Å². The number of ether oxygens (including phenoxy) is 1. The second-order valence-corrected chi connectivity index (χ2v) is 11.5. The summed E-state index contributed by atoms with van der Waals surface area (Å²) in [5.74, 6) is -2.33.